The Morgan fingerprint density at radius 1 is 1.14 bits per heavy atom. The number of hydrogen-bond acceptors (Lipinski definition) is 6. The molecule has 1 saturated heterocycles. The summed E-state index contributed by atoms with van der Waals surface area (Å²) in [5.41, 5.74) is 0. The molecular formula is C18H23ClN2O5S2. The maximum absolute atomic E-state index is 12.8. The van der Waals surface area contributed by atoms with Crippen molar-refractivity contribution in [3.8, 4) is 0 Å². The zero-order chi connectivity index (χ0) is 20.4. The molecule has 0 spiro atoms. The van der Waals surface area contributed by atoms with Crippen LogP contribution in [0.5, 0.6) is 0 Å². The number of halogens is 1. The number of piperidine rings is 1. The van der Waals surface area contributed by atoms with Gasteiger partial charge in [-0.05, 0) is 56.3 Å². The van der Waals surface area contributed by atoms with E-state index in [2.05, 4.69) is 9.62 Å². The quantitative estimate of drug-likeness (QED) is 0.702. The first kappa shape index (κ1) is 21.3. The molecule has 0 bridgehead atoms. The van der Waals surface area contributed by atoms with E-state index in [9.17, 15) is 16.8 Å². The molecule has 3 rings (SSSR count). The Kier molecular flexibility index (Phi) is 6.51. The molecule has 1 aliphatic rings. The van der Waals surface area contributed by atoms with Crippen molar-refractivity contribution in [2.24, 2.45) is 0 Å². The molecule has 1 N–H and O–H groups in total. The molecule has 1 aliphatic heterocycles. The Morgan fingerprint density at radius 2 is 1.86 bits per heavy atom. The SMILES string of the molecule is CS(=O)(=O)c1ccc(Cl)c(S(=O)(=O)NCC(c2ccco2)N2CCCCC2)c1. The summed E-state index contributed by atoms with van der Waals surface area (Å²) in [6.45, 7) is 1.81. The van der Waals surface area contributed by atoms with E-state index in [1.165, 1.54) is 12.1 Å². The van der Waals surface area contributed by atoms with Crippen LogP contribution in [0.1, 0.15) is 31.1 Å². The molecule has 2 aromatic rings. The van der Waals surface area contributed by atoms with E-state index in [4.69, 9.17) is 16.0 Å². The third kappa shape index (κ3) is 4.96. The van der Waals surface area contributed by atoms with Gasteiger partial charge in [-0.3, -0.25) is 4.90 Å². The predicted molar refractivity (Wildman–Crippen MR) is 107 cm³/mol. The molecule has 1 aromatic heterocycles. The van der Waals surface area contributed by atoms with Crippen LogP contribution in [0.15, 0.2) is 50.8 Å². The molecule has 7 nitrogen and oxygen atoms in total. The molecule has 0 amide bonds. The summed E-state index contributed by atoms with van der Waals surface area (Å²) >= 11 is 6.05. The maximum Gasteiger partial charge on any atom is 0.242 e. The van der Waals surface area contributed by atoms with Gasteiger partial charge in [0.15, 0.2) is 9.84 Å². The lowest BCUT2D eigenvalue weighted by molar-refractivity contribution is 0.147. The summed E-state index contributed by atoms with van der Waals surface area (Å²) in [6, 6.07) is 7.00. The van der Waals surface area contributed by atoms with Gasteiger partial charge in [0.05, 0.1) is 22.2 Å². The Labute approximate surface area is 170 Å². The van der Waals surface area contributed by atoms with Crippen LogP contribution in [0.2, 0.25) is 5.02 Å². The number of benzene rings is 1. The van der Waals surface area contributed by atoms with Gasteiger partial charge in [-0.1, -0.05) is 18.0 Å². The third-order valence-electron chi connectivity index (χ3n) is 4.79. The van der Waals surface area contributed by atoms with Crippen LogP contribution in [0.4, 0.5) is 0 Å². The van der Waals surface area contributed by atoms with E-state index in [0.717, 1.165) is 44.7 Å². The Hall–Kier alpha value is -1.39. The maximum atomic E-state index is 12.8. The molecule has 1 unspecified atom stereocenters. The van der Waals surface area contributed by atoms with Gasteiger partial charge in [-0.25, -0.2) is 21.6 Å². The molecule has 154 valence electrons. The highest BCUT2D eigenvalue weighted by atomic mass is 35.5. The second-order valence-corrected chi connectivity index (χ2v) is 11.0. The minimum Gasteiger partial charge on any atom is -0.468 e. The van der Waals surface area contributed by atoms with Gasteiger partial charge in [0.2, 0.25) is 10.0 Å². The number of furan rings is 1. The van der Waals surface area contributed by atoms with Crippen molar-refractivity contribution >= 4 is 31.5 Å². The fourth-order valence-electron chi connectivity index (χ4n) is 3.31. The first-order chi connectivity index (χ1) is 13.2. The van der Waals surface area contributed by atoms with E-state index in [1.807, 2.05) is 6.07 Å². The van der Waals surface area contributed by atoms with Crippen LogP contribution in [0.3, 0.4) is 0 Å². The summed E-state index contributed by atoms with van der Waals surface area (Å²) in [7, 11) is -7.57. The minimum atomic E-state index is -4.01. The molecule has 2 heterocycles. The molecular weight excluding hydrogens is 424 g/mol. The summed E-state index contributed by atoms with van der Waals surface area (Å²) in [4.78, 5) is 1.84. The Bertz CT molecular complexity index is 1010. The first-order valence-corrected chi connectivity index (χ1v) is 12.7. The van der Waals surface area contributed by atoms with Crippen LogP contribution < -0.4 is 4.72 Å². The van der Waals surface area contributed by atoms with Gasteiger partial charge in [0.25, 0.3) is 0 Å². The molecule has 1 atom stereocenters. The second-order valence-electron chi connectivity index (χ2n) is 6.84. The topological polar surface area (TPSA) is 96.7 Å². The molecule has 28 heavy (non-hydrogen) atoms. The highest BCUT2D eigenvalue weighted by Gasteiger charge is 2.28. The first-order valence-electron chi connectivity index (χ1n) is 8.95. The van der Waals surface area contributed by atoms with Crippen molar-refractivity contribution in [2.45, 2.75) is 35.1 Å². The van der Waals surface area contributed by atoms with Gasteiger partial charge in [0, 0.05) is 12.8 Å². The lowest BCUT2D eigenvalue weighted by Gasteiger charge is -2.33. The smallest absolute Gasteiger partial charge is 0.242 e. The Morgan fingerprint density at radius 3 is 2.46 bits per heavy atom. The van der Waals surface area contributed by atoms with Crippen molar-refractivity contribution in [2.75, 3.05) is 25.9 Å². The van der Waals surface area contributed by atoms with Crippen LogP contribution in [-0.4, -0.2) is 47.6 Å². The van der Waals surface area contributed by atoms with E-state index in [1.54, 1.807) is 12.3 Å². The standard InChI is InChI=1S/C18H23ClN2O5S2/c1-27(22,23)14-7-8-15(19)18(12-14)28(24,25)20-13-16(17-6-5-11-26-17)21-9-3-2-4-10-21/h5-8,11-12,16,20H,2-4,9-10,13H2,1H3. The largest absolute Gasteiger partial charge is 0.468 e. The van der Waals surface area contributed by atoms with Crippen molar-refractivity contribution in [1.82, 2.24) is 9.62 Å². The van der Waals surface area contributed by atoms with Crippen molar-refractivity contribution in [3.63, 3.8) is 0 Å². The van der Waals surface area contributed by atoms with Gasteiger partial charge in [0.1, 0.15) is 10.7 Å². The van der Waals surface area contributed by atoms with Crippen molar-refractivity contribution < 1.29 is 21.3 Å². The van der Waals surface area contributed by atoms with Gasteiger partial charge in [-0.2, -0.15) is 0 Å². The second kappa shape index (κ2) is 8.54. The van der Waals surface area contributed by atoms with E-state index in [0.29, 0.717) is 5.76 Å². The number of sulfonamides is 1. The van der Waals surface area contributed by atoms with E-state index < -0.39 is 19.9 Å². The highest BCUT2D eigenvalue weighted by Crippen LogP contribution is 2.27. The lowest BCUT2D eigenvalue weighted by atomic mass is 10.1. The number of sulfone groups is 1. The normalized spacial score (nSPS) is 17.5. The van der Waals surface area contributed by atoms with E-state index in [-0.39, 0.29) is 27.4 Å². The van der Waals surface area contributed by atoms with Gasteiger partial charge < -0.3 is 4.42 Å². The fourth-order valence-corrected chi connectivity index (χ4v) is 5.59. The fraction of sp³-hybridized carbons (Fsp3) is 0.444. The van der Waals surface area contributed by atoms with Gasteiger partial charge in [-0.15, -0.1) is 0 Å². The van der Waals surface area contributed by atoms with Crippen LogP contribution in [0, 0.1) is 0 Å². The third-order valence-corrected chi connectivity index (χ3v) is 7.81. The summed E-state index contributed by atoms with van der Waals surface area (Å²) < 4.78 is 57.3. The zero-order valence-electron chi connectivity index (χ0n) is 15.5. The summed E-state index contributed by atoms with van der Waals surface area (Å²) in [6.07, 6.45) is 5.83. The van der Waals surface area contributed by atoms with Crippen molar-refractivity contribution in [1.29, 1.82) is 0 Å². The molecule has 1 fully saturated rings. The van der Waals surface area contributed by atoms with Crippen LogP contribution >= 0.6 is 11.6 Å². The molecule has 0 saturated carbocycles. The molecule has 1 aromatic carbocycles. The predicted octanol–water partition coefficient (Wildman–Crippen LogP) is 2.84. The molecule has 0 aliphatic carbocycles. The Balaban J connectivity index is 1.85. The monoisotopic (exact) mass is 446 g/mol. The van der Waals surface area contributed by atoms with Crippen LogP contribution in [0.25, 0.3) is 0 Å². The zero-order valence-corrected chi connectivity index (χ0v) is 17.9. The molecule has 0 radical (unpaired) electrons. The lowest BCUT2D eigenvalue weighted by Crippen LogP contribution is -2.40. The highest BCUT2D eigenvalue weighted by molar-refractivity contribution is 7.91. The van der Waals surface area contributed by atoms with Crippen LogP contribution in [-0.2, 0) is 19.9 Å². The summed E-state index contributed by atoms with van der Waals surface area (Å²) in [5.74, 6) is 0.681. The average Bonchev–Trinajstić information content (AvgIpc) is 3.16. The molecule has 10 heteroatoms. The number of nitrogens with one attached hydrogen (secondary N) is 1. The van der Waals surface area contributed by atoms with Crippen molar-refractivity contribution in [3.05, 3.63) is 47.4 Å². The number of hydrogen-bond donors (Lipinski definition) is 1. The van der Waals surface area contributed by atoms with E-state index >= 15 is 0 Å². The number of nitrogens with zero attached hydrogens (tertiary/aromatic N) is 1. The number of rotatable bonds is 7. The number of likely N-dealkylation sites (tertiary alicyclic amines) is 1. The average molecular weight is 447 g/mol. The summed E-state index contributed by atoms with van der Waals surface area (Å²) in [5, 5.41) is -0.0348. The van der Waals surface area contributed by atoms with Gasteiger partial charge >= 0.3 is 0 Å². The minimum absolute atomic E-state index is 0.0348.